The standard InChI is InChI=1S/C18H19Cl2N3OS/c1-4-22(5-2)17(24)16-9-14-11(3)21-23(18(14)25-16)10-12-6-7-13(19)8-15(12)20/h6-9H,4-5,10H2,1-3H3. The third kappa shape index (κ3) is 3.54. The van der Waals surface area contributed by atoms with Crippen molar-refractivity contribution in [3.05, 3.63) is 50.4 Å². The maximum Gasteiger partial charge on any atom is 0.264 e. The van der Waals surface area contributed by atoms with Crippen LogP contribution in [0.5, 0.6) is 0 Å². The molecule has 0 aliphatic heterocycles. The SMILES string of the molecule is CCN(CC)C(=O)c1cc2c(C)nn(Cc3ccc(Cl)cc3Cl)c2s1. The summed E-state index contributed by atoms with van der Waals surface area (Å²) in [4.78, 5) is 16.2. The van der Waals surface area contributed by atoms with Crippen LogP contribution in [0.15, 0.2) is 24.3 Å². The molecular weight excluding hydrogens is 377 g/mol. The topological polar surface area (TPSA) is 38.1 Å². The van der Waals surface area contributed by atoms with Crippen LogP contribution in [0.25, 0.3) is 10.2 Å². The largest absolute Gasteiger partial charge is 0.339 e. The van der Waals surface area contributed by atoms with Gasteiger partial charge in [-0.15, -0.1) is 11.3 Å². The number of hydrogen-bond donors (Lipinski definition) is 0. The van der Waals surface area contributed by atoms with Gasteiger partial charge in [-0.25, -0.2) is 0 Å². The Morgan fingerprint density at radius 3 is 2.60 bits per heavy atom. The van der Waals surface area contributed by atoms with Gasteiger partial charge in [0.1, 0.15) is 4.83 Å². The van der Waals surface area contributed by atoms with Crippen molar-refractivity contribution >= 4 is 50.7 Å². The average Bonchev–Trinajstić information content (AvgIpc) is 3.13. The van der Waals surface area contributed by atoms with Gasteiger partial charge < -0.3 is 4.90 Å². The quantitative estimate of drug-likeness (QED) is 0.591. The number of nitrogens with zero attached hydrogens (tertiary/aromatic N) is 3. The van der Waals surface area contributed by atoms with Crippen molar-refractivity contribution < 1.29 is 4.79 Å². The minimum absolute atomic E-state index is 0.0710. The van der Waals surface area contributed by atoms with E-state index in [0.29, 0.717) is 29.7 Å². The number of carbonyl (C=O) groups is 1. The Hall–Kier alpha value is -1.56. The maximum atomic E-state index is 12.6. The normalized spacial score (nSPS) is 11.2. The first-order chi connectivity index (χ1) is 11.9. The van der Waals surface area contributed by atoms with Crippen molar-refractivity contribution in [1.29, 1.82) is 0 Å². The molecule has 0 spiro atoms. The molecule has 3 rings (SSSR count). The minimum Gasteiger partial charge on any atom is -0.339 e. The number of benzene rings is 1. The average molecular weight is 396 g/mol. The molecule has 0 radical (unpaired) electrons. The highest BCUT2D eigenvalue weighted by atomic mass is 35.5. The fourth-order valence-electron chi connectivity index (χ4n) is 2.80. The lowest BCUT2D eigenvalue weighted by molar-refractivity contribution is 0.0778. The van der Waals surface area contributed by atoms with Gasteiger partial charge in [0.2, 0.25) is 0 Å². The summed E-state index contributed by atoms with van der Waals surface area (Å²) in [6.45, 7) is 7.89. The van der Waals surface area contributed by atoms with Crippen molar-refractivity contribution in [2.75, 3.05) is 13.1 Å². The first-order valence-electron chi connectivity index (χ1n) is 8.14. The third-order valence-electron chi connectivity index (χ3n) is 4.20. The van der Waals surface area contributed by atoms with Gasteiger partial charge in [-0.05, 0) is 44.5 Å². The second kappa shape index (κ2) is 7.36. The molecule has 0 saturated carbocycles. The van der Waals surface area contributed by atoms with Crippen molar-refractivity contribution in [2.24, 2.45) is 0 Å². The first kappa shape index (κ1) is 18.2. The van der Waals surface area contributed by atoms with Gasteiger partial charge >= 0.3 is 0 Å². The van der Waals surface area contributed by atoms with E-state index < -0.39 is 0 Å². The minimum atomic E-state index is 0.0710. The van der Waals surface area contributed by atoms with E-state index in [0.717, 1.165) is 26.4 Å². The molecule has 1 amide bonds. The van der Waals surface area contributed by atoms with E-state index in [1.54, 1.807) is 6.07 Å². The predicted octanol–water partition coefficient (Wildman–Crippen LogP) is 5.24. The highest BCUT2D eigenvalue weighted by Crippen LogP contribution is 2.31. The fraction of sp³-hybridized carbons (Fsp3) is 0.333. The van der Waals surface area contributed by atoms with E-state index in [1.165, 1.54) is 11.3 Å². The third-order valence-corrected chi connectivity index (χ3v) is 5.93. The summed E-state index contributed by atoms with van der Waals surface area (Å²) >= 11 is 13.7. The molecule has 0 fully saturated rings. The molecule has 0 saturated heterocycles. The smallest absolute Gasteiger partial charge is 0.264 e. The van der Waals surface area contributed by atoms with Gasteiger partial charge in [0.05, 0.1) is 17.1 Å². The van der Waals surface area contributed by atoms with Gasteiger partial charge in [-0.3, -0.25) is 9.48 Å². The number of aromatic nitrogens is 2. The van der Waals surface area contributed by atoms with Gasteiger partial charge in [0, 0.05) is 28.5 Å². The zero-order chi connectivity index (χ0) is 18.1. The monoisotopic (exact) mass is 395 g/mol. The molecule has 0 aliphatic rings. The number of rotatable bonds is 5. The van der Waals surface area contributed by atoms with Crippen LogP contribution in [0.2, 0.25) is 10.0 Å². The van der Waals surface area contributed by atoms with Crippen molar-refractivity contribution in [1.82, 2.24) is 14.7 Å². The number of amides is 1. The molecule has 132 valence electrons. The first-order valence-corrected chi connectivity index (χ1v) is 9.72. The maximum absolute atomic E-state index is 12.6. The molecule has 0 unspecified atom stereocenters. The lowest BCUT2D eigenvalue weighted by atomic mass is 10.2. The lowest BCUT2D eigenvalue weighted by Crippen LogP contribution is -2.29. The Bertz CT molecular complexity index is 928. The molecule has 0 aliphatic carbocycles. The summed E-state index contributed by atoms with van der Waals surface area (Å²) in [7, 11) is 0. The number of halogens is 2. The molecular formula is C18H19Cl2N3OS. The highest BCUT2D eigenvalue weighted by Gasteiger charge is 2.19. The Balaban J connectivity index is 1.98. The second-order valence-electron chi connectivity index (χ2n) is 5.79. The van der Waals surface area contributed by atoms with Crippen LogP contribution >= 0.6 is 34.5 Å². The van der Waals surface area contributed by atoms with Crippen molar-refractivity contribution in [3.63, 3.8) is 0 Å². The molecule has 2 heterocycles. The van der Waals surface area contributed by atoms with Gasteiger partial charge in [0.15, 0.2) is 0 Å². The highest BCUT2D eigenvalue weighted by molar-refractivity contribution is 7.20. The van der Waals surface area contributed by atoms with E-state index in [2.05, 4.69) is 5.10 Å². The second-order valence-corrected chi connectivity index (χ2v) is 7.66. The van der Waals surface area contributed by atoms with Crippen LogP contribution in [-0.4, -0.2) is 33.7 Å². The van der Waals surface area contributed by atoms with E-state index in [-0.39, 0.29) is 5.91 Å². The molecule has 7 heteroatoms. The molecule has 3 aromatic rings. The van der Waals surface area contributed by atoms with Gasteiger partial charge in [0.25, 0.3) is 5.91 Å². The molecule has 25 heavy (non-hydrogen) atoms. The summed E-state index contributed by atoms with van der Waals surface area (Å²) in [5.74, 6) is 0.0710. The van der Waals surface area contributed by atoms with Crippen LogP contribution < -0.4 is 0 Å². The van der Waals surface area contributed by atoms with E-state index >= 15 is 0 Å². The lowest BCUT2D eigenvalue weighted by Gasteiger charge is -2.17. The predicted molar refractivity (Wildman–Crippen MR) is 105 cm³/mol. The molecule has 0 atom stereocenters. The number of fused-ring (bicyclic) bond motifs is 1. The summed E-state index contributed by atoms with van der Waals surface area (Å²) in [6, 6.07) is 7.40. The van der Waals surface area contributed by atoms with E-state index in [4.69, 9.17) is 23.2 Å². The van der Waals surface area contributed by atoms with E-state index in [1.807, 2.05) is 48.6 Å². The van der Waals surface area contributed by atoms with Gasteiger partial charge in [-0.2, -0.15) is 5.10 Å². The van der Waals surface area contributed by atoms with Crippen LogP contribution in [-0.2, 0) is 6.54 Å². The summed E-state index contributed by atoms with van der Waals surface area (Å²) in [6.07, 6.45) is 0. The fourth-order valence-corrected chi connectivity index (χ4v) is 4.40. The van der Waals surface area contributed by atoms with Crippen molar-refractivity contribution in [2.45, 2.75) is 27.3 Å². The molecule has 4 nitrogen and oxygen atoms in total. The van der Waals surface area contributed by atoms with Crippen LogP contribution in [0.3, 0.4) is 0 Å². The zero-order valence-electron chi connectivity index (χ0n) is 14.3. The Kier molecular flexibility index (Phi) is 5.37. The Morgan fingerprint density at radius 1 is 1.24 bits per heavy atom. The number of thiophene rings is 1. The number of carbonyl (C=O) groups excluding carboxylic acids is 1. The van der Waals surface area contributed by atoms with Crippen LogP contribution in [0, 0.1) is 6.92 Å². The molecule has 0 N–H and O–H groups in total. The Morgan fingerprint density at radius 2 is 1.96 bits per heavy atom. The number of hydrogen-bond acceptors (Lipinski definition) is 3. The van der Waals surface area contributed by atoms with Gasteiger partial charge in [-0.1, -0.05) is 29.3 Å². The molecule has 2 aromatic heterocycles. The van der Waals surface area contributed by atoms with E-state index in [9.17, 15) is 4.79 Å². The van der Waals surface area contributed by atoms with Crippen molar-refractivity contribution in [3.8, 4) is 0 Å². The zero-order valence-corrected chi connectivity index (χ0v) is 16.7. The summed E-state index contributed by atoms with van der Waals surface area (Å²) in [5.41, 5.74) is 1.86. The van der Waals surface area contributed by atoms with Crippen LogP contribution in [0.4, 0.5) is 0 Å². The number of aryl methyl sites for hydroxylation is 1. The molecule has 0 bridgehead atoms. The Labute approximate surface area is 161 Å². The molecule has 1 aromatic carbocycles. The summed E-state index contributed by atoms with van der Waals surface area (Å²) < 4.78 is 1.91. The summed E-state index contributed by atoms with van der Waals surface area (Å²) in [5, 5.41) is 6.85. The van der Waals surface area contributed by atoms with Crippen LogP contribution in [0.1, 0.15) is 34.8 Å².